The van der Waals surface area contributed by atoms with Crippen molar-refractivity contribution in [3.05, 3.63) is 59.4 Å². The quantitative estimate of drug-likeness (QED) is 0.780. The van der Waals surface area contributed by atoms with Gasteiger partial charge in [-0.3, -0.25) is 9.48 Å². The molecule has 1 aromatic heterocycles. The summed E-state index contributed by atoms with van der Waals surface area (Å²) in [6, 6.07) is 12.2. The van der Waals surface area contributed by atoms with Gasteiger partial charge in [0, 0.05) is 23.8 Å². The molecule has 0 fully saturated rings. The fourth-order valence-corrected chi connectivity index (χ4v) is 3.45. The minimum atomic E-state index is -0.165. The summed E-state index contributed by atoms with van der Waals surface area (Å²) in [5.74, 6) is -0.165. The molecule has 2 aromatic carbocycles. The first kappa shape index (κ1) is 15.8. The summed E-state index contributed by atoms with van der Waals surface area (Å²) >= 11 is 0. The molecule has 0 atom stereocenters. The van der Waals surface area contributed by atoms with Crippen LogP contribution >= 0.6 is 0 Å². The first-order valence-electron chi connectivity index (χ1n) is 8.65. The van der Waals surface area contributed by atoms with Crippen LogP contribution in [-0.2, 0) is 19.4 Å². The zero-order valence-electron chi connectivity index (χ0n) is 14.6. The number of nitrogens with zero attached hydrogens (tertiary/aromatic N) is 3. The average Bonchev–Trinajstić information content (AvgIpc) is 3.24. The number of amides is 1. The summed E-state index contributed by atoms with van der Waals surface area (Å²) in [4.78, 5) is 14.7. The molecule has 0 aliphatic heterocycles. The largest absolute Gasteiger partial charge is 0.320 e. The number of aromatic nitrogens is 2. The summed E-state index contributed by atoms with van der Waals surface area (Å²) in [6.45, 7) is 1.65. The van der Waals surface area contributed by atoms with E-state index in [0.717, 1.165) is 37.0 Å². The Labute approximate surface area is 147 Å². The Morgan fingerprint density at radius 3 is 2.76 bits per heavy atom. The highest BCUT2D eigenvalue weighted by Crippen LogP contribution is 2.35. The predicted octanol–water partition coefficient (Wildman–Crippen LogP) is 2.95. The van der Waals surface area contributed by atoms with E-state index in [1.807, 2.05) is 31.0 Å². The van der Waals surface area contributed by atoms with E-state index in [2.05, 4.69) is 39.6 Å². The van der Waals surface area contributed by atoms with Crippen molar-refractivity contribution in [3.63, 3.8) is 0 Å². The number of carbonyl (C=O) groups excluding carboxylic acids is 1. The number of hydrogen-bond donors (Lipinski definition) is 1. The average molecular weight is 334 g/mol. The first-order chi connectivity index (χ1) is 12.1. The molecule has 25 heavy (non-hydrogen) atoms. The van der Waals surface area contributed by atoms with Gasteiger partial charge in [-0.05, 0) is 55.6 Å². The zero-order chi connectivity index (χ0) is 17.4. The molecule has 0 bridgehead atoms. The SMILES string of the molecule is CN(C)CCn1ccc(C(=O)Nc2ccc3c4c(cccc24)CC3)n1. The molecule has 1 amide bonds. The Kier molecular flexibility index (Phi) is 4.01. The van der Waals surface area contributed by atoms with Crippen LogP contribution in [0.25, 0.3) is 10.8 Å². The molecule has 0 saturated heterocycles. The molecule has 4 rings (SSSR count). The first-order valence-corrected chi connectivity index (χ1v) is 8.65. The van der Waals surface area contributed by atoms with Gasteiger partial charge in [-0.15, -0.1) is 0 Å². The Hall–Kier alpha value is -2.66. The van der Waals surface area contributed by atoms with E-state index in [9.17, 15) is 4.79 Å². The topological polar surface area (TPSA) is 50.2 Å². The number of rotatable bonds is 5. The number of nitrogens with one attached hydrogen (secondary N) is 1. The summed E-state index contributed by atoms with van der Waals surface area (Å²) in [5.41, 5.74) is 4.05. The highest BCUT2D eigenvalue weighted by molar-refractivity contribution is 6.09. The van der Waals surface area contributed by atoms with Crippen molar-refractivity contribution in [1.82, 2.24) is 14.7 Å². The normalized spacial score (nSPS) is 12.9. The van der Waals surface area contributed by atoms with Crippen molar-refractivity contribution in [2.45, 2.75) is 19.4 Å². The molecule has 5 nitrogen and oxygen atoms in total. The summed E-state index contributed by atoms with van der Waals surface area (Å²) < 4.78 is 1.81. The van der Waals surface area contributed by atoms with Gasteiger partial charge in [0.25, 0.3) is 5.91 Å². The molecule has 3 aromatic rings. The summed E-state index contributed by atoms with van der Waals surface area (Å²) in [7, 11) is 4.04. The second-order valence-corrected chi connectivity index (χ2v) is 6.83. The van der Waals surface area contributed by atoms with Crippen molar-refractivity contribution < 1.29 is 4.79 Å². The van der Waals surface area contributed by atoms with Gasteiger partial charge in [0.1, 0.15) is 0 Å². The zero-order valence-corrected chi connectivity index (χ0v) is 14.6. The molecule has 1 aliphatic rings. The van der Waals surface area contributed by atoms with E-state index in [1.54, 1.807) is 6.07 Å². The number of anilines is 1. The highest BCUT2D eigenvalue weighted by Gasteiger charge is 2.17. The molecule has 0 spiro atoms. The lowest BCUT2D eigenvalue weighted by molar-refractivity contribution is 0.102. The lowest BCUT2D eigenvalue weighted by atomic mass is 10.0. The summed E-state index contributed by atoms with van der Waals surface area (Å²) in [6.07, 6.45) is 4.02. The molecule has 1 aliphatic carbocycles. The van der Waals surface area contributed by atoms with Crippen LogP contribution < -0.4 is 5.32 Å². The van der Waals surface area contributed by atoms with Gasteiger partial charge >= 0.3 is 0 Å². The van der Waals surface area contributed by atoms with Gasteiger partial charge in [-0.2, -0.15) is 5.10 Å². The van der Waals surface area contributed by atoms with E-state index in [1.165, 1.54) is 16.5 Å². The van der Waals surface area contributed by atoms with Crippen LogP contribution in [0.4, 0.5) is 5.69 Å². The smallest absolute Gasteiger partial charge is 0.276 e. The van der Waals surface area contributed by atoms with Crippen LogP contribution in [0.1, 0.15) is 21.6 Å². The van der Waals surface area contributed by atoms with E-state index in [0.29, 0.717) is 5.69 Å². The van der Waals surface area contributed by atoms with Gasteiger partial charge in [-0.1, -0.05) is 24.3 Å². The third-order valence-electron chi connectivity index (χ3n) is 4.77. The predicted molar refractivity (Wildman–Crippen MR) is 100 cm³/mol. The molecule has 0 radical (unpaired) electrons. The maximum Gasteiger partial charge on any atom is 0.276 e. The third kappa shape index (κ3) is 3.03. The fraction of sp³-hybridized carbons (Fsp3) is 0.300. The van der Waals surface area contributed by atoms with Crippen molar-refractivity contribution in [2.75, 3.05) is 26.0 Å². The van der Waals surface area contributed by atoms with Gasteiger partial charge in [0.05, 0.1) is 6.54 Å². The number of hydrogen-bond acceptors (Lipinski definition) is 3. The van der Waals surface area contributed by atoms with Crippen LogP contribution in [0, 0.1) is 0 Å². The van der Waals surface area contributed by atoms with Gasteiger partial charge in [0.15, 0.2) is 5.69 Å². The van der Waals surface area contributed by atoms with Gasteiger partial charge in [-0.25, -0.2) is 0 Å². The molecule has 0 unspecified atom stereocenters. The maximum atomic E-state index is 12.6. The fourth-order valence-electron chi connectivity index (χ4n) is 3.45. The Morgan fingerprint density at radius 1 is 1.16 bits per heavy atom. The van der Waals surface area contributed by atoms with Crippen LogP contribution in [0.2, 0.25) is 0 Å². The maximum absolute atomic E-state index is 12.6. The number of benzene rings is 2. The van der Waals surface area contributed by atoms with Crippen LogP contribution in [-0.4, -0.2) is 41.2 Å². The van der Waals surface area contributed by atoms with Crippen molar-refractivity contribution in [1.29, 1.82) is 0 Å². The Balaban J connectivity index is 1.57. The van der Waals surface area contributed by atoms with Crippen molar-refractivity contribution >= 4 is 22.4 Å². The number of carbonyl (C=O) groups is 1. The standard InChI is InChI=1S/C20H22N4O/c1-23(2)12-13-24-11-10-18(22-24)20(25)21-17-9-8-15-7-6-14-4-3-5-16(17)19(14)15/h3-5,8-11H,6-7,12-13H2,1-2H3,(H,21,25). The van der Waals surface area contributed by atoms with Gasteiger partial charge in [0.2, 0.25) is 0 Å². The van der Waals surface area contributed by atoms with E-state index >= 15 is 0 Å². The minimum Gasteiger partial charge on any atom is -0.320 e. The van der Waals surface area contributed by atoms with Crippen LogP contribution in [0.3, 0.4) is 0 Å². The second-order valence-electron chi connectivity index (χ2n) is 6.83. The number of likely N-dealkylation sites (N-methyl/N-ethyl adjacent to an activating group) is 1. The van der Waals surface area contributed by atoms with E-state index in [4.69, 9.17) is 0 Å². The van der Waals surface area contributed by atoms with Gasteiger partial charge < -0.3 is 10.2 Å². The molecule has 0 saturated carbocycles. The second kappa shape index (κ2) is 6.33. The van der Waals surface area contributed by atoms with Crippen molar-refractivity contribution in [2.24, 2.45) is 0 Å². The monoisotopic (exact) mass is 334 g/mol. The molecular weight excluding hydrogens is 312 g/mol. The molecule has 1 heterocycles. The van der Waals surface area contributed by atoms with Crippen LogP contribution in [0.15, 0.2) is 42.6 Å². The number of aryl methyl sites for hydroxylation is 2. The van der Waals surface area contributed by atoms with E-state index < -0.39 is 0 Å². The summed E-state index contributed by atoms with van der Waals surface area (Å²) in [5, 5.41) is 9.84. The molecular formula is C20H22N4O. The lowest BCUT2D eigenvalue weighted by Crippen LogP contribution is -2.19. The minimum absolute atomic E-state index is 0.165. The van der Waals surface area contributed by atoms with E-state index in [-0.39, 0.29) is 5.91 Å². The molecule has 1 N–H and O–H groups in total. The molecule has 128 valence electrons. The Bertz CT molecular complexity index is 932. The van der Waals surface area contributed by atoms with Crippen molar-refractivity contribution in [3.8, 4) is 0 Å². The highest BCUT2D eigenvalue weighted by atomic mass is 16.1. The lowest BCUT2D eigenvalue weighted by Gasteiger charge is -2.10. The molecule has 5 heteroatoms. The third-order valence-corrected chi connectivity index (χ3v) is 4.77. The Morgan fingerprint density at radius 2 is 1.96 bits per heavy atom. The van der Waals surface area contributed by atoms with Crippen LogP contribution in [0.5, 0.6) is 0 Å².